The SMILES string of the molecule is CC1(C)[C@@H]2C(=O)O[C@@]1(C)CC[C@H]2C(=O)O. The molecule has 2 bridgehead atoms. The van der Waals surface area contributed by atoms with E-state index in [0.29, 0.717) is 12.8 Å². The Hall–Kier alpha value is -1.06. The van der Waals surface area contributed by atoms with E-state index in [-0.39, 0.29) is 11.4 Å². The minimum atomic E-state index is -0.881. The van der Waals surface area contributed by atoms with Crippen LogP contribution < -0.4 is 0 Å². The largest absolute Gasteiger partial charge is 0.481 e. The van der Waals surface area contributed by atoms with E-state index in [2.05, 4.69) is 0 Å². The third kappa shape index (κ3) is 1.13. The molecule has 4 nitrogen and oxygen atoms in total. The zero-order valence-corrected chi connectivity index (χ0v) is 9.24. The van der Waals surface area contributed by atoms with Gasteiger partial charge < -0.3 is 9.84 Å². The molecule has 0 unspecified atom stereocenters. The Balaban J connectivity index is 2.44. The van der Waals surface area contributed by atoms with Gasteiger partial charge in [0.25, 0.3) is 0 Å². The van der Waals surface area contributed by atoms with Crippen LogP contribution in [-0.2, 0) is 14.3 Å². The number of carboxylic acid groups (broad SMARTS) is 1. The highest BCUT2D eigenvalue weighted by atomic mass is 16.6. The van der Waals surface area contributed by atoms with Gasteiger partial charge in [-0.3, -0.25) is 9.59 Å². The molecule has 0 aromatic rings. The van der Waals surface area contributed by atoms with Crippen LogP contribution in [-0.4, -0.2) is 22.6 Å². The number of carbonyl (C=O) groups is 2. The molecule has 0 aromatic carbocycles. The summed E-state index contributed by atoms with van der Waals surface area (Å²) < 4.78 is 5.37. The maximum atomic E-state index is 11.7. The van der Waals surface area contributed by atoms with Crippen LogP contribution in [0.2, 0.25) is 0 Å². The smallest absolute Gasteiger partial charge is 0.311 e. The molecule has 0 amide bonds. The van der Waals surface area contributed by atoms with Crippen LogP contribution >= 0.6 is 0 Å². The van der Waals surface area contributed by atoms with Crippen molar-refractivity contribution in [2.75, 3.05) is 0 Å². The van der Waals surface area contributed by atoms with Gasteiger partial charge in [-0.25, -0.2) is 0 Å². The zero-order valence-electron chi connectivity index (χ0n) is 9.24. The van der Waals surface area contributed by atoms with Gasteiger partial charge in [0.1, 0.15) is 5.60 Å². The summed E-state index contributed by atoms with van der Waals surface area (Å²) in [5.74, 6) is -2.29. The van der Waals surface area contributed by atoms with Gasteiger partial charge in [0, 0.05) is 5.41 Å². The molecule has 0 spiro atoms. The number of fused-ring (bicyclic) bond motifs is 2. The first-order valence-electron chi connectivity index (χ1n) is 5.25. The minimum Gasteiger partial charge on any atom is -0.481 e. The first-order chi connectivity index (χ1) is 6.79. The van der Waals surface area contributed by atoms with Crippen LogP contribution in [0.3, 0.4) is 0 Å². The Morgan fingerprint density at radius 3 is 2.60 bits per heavy atom. The van der Waals surface area contributed by atoms with Gasteiger partial charge in [-0.15, -0.1) is 0 Å². The van der Waals surface area contributed by atoms with E-state index < -0.39 is 23.4 Å². The second kappa shape index (κ2) is 2.74. The Labute approximate surface area is 88.6 Å². The number of rotatable bonds is 1. The van der Waals surface area contributed by atoms with E-state index in [1.165, 1.54) is 0 Å². The third-order valence-corrected chi connectivity index (χ3v) is 4.37. The lowest BCUT2D eigenvalue weighted by Gasteiger charge is -2.43. The summed E-state index contributed by atoms with van der Waals surface area (Å²) in [5, 5.41) is 9.08. The Morgan fingerprint density at radius 2 is 2.07 bits per heavy atom. The number of aliphatic carboxylic acids is 1. The van der Waals surface area contributed by atoms with Crippen LogP contribution in [0, 0.1) is 17.3 Å². The molecule has 2 rings (SSSR count). The summed E-state index contributed by atoms with van der Waals surface area (Å²) in [6.45, 7) is 5.76. The average molecular weight is 212 g/mol. The van der Waals surface area contributed by atoms with Crippen LogP contribution in [0.1, 0.15) is 33.6 Å². The maximum absolute atomic E-state index is 11.7. The topological polar surface area (TPSA) is 63.6 Å². The molecule has 1 saturated carbocycles. The van der Waals surface area contributed by atoms with Crippen LogP contribution in [0.25, 0.3) is 0 Å². The highest BCUT2D eigenvalue weighted by Gasteiger charge is 2.65. The third-order valence-electron chi connectivity index (χ3n) is 4.37. The molecule has 2 aliphatic rings. The molecule has 3 atom stereocenters. The van der Waals surface area contributed by atoms with Crippen molar-refractivity contribution in [1.82, 2.24) is 0 Å². The van der Waals surface area contributed by atoms with Crippen molar-refractivity contribution < 1.29 is 19.4 Å². The first-order valence-corrected chi connectivity index (χ1v) is 5.25. The standard InChI is InChI=1S/C11H16O4/c1-10(2)7-6(8(12)13)4-5-11(10,3)15-9(7)14/h6-7H,4-5H2,1-3H3,(H,12,13)/t6-,7+,11+/m1/s1. The van der Waals surface area contributed by atoms with Gasteiger partial charge in [0.2, 0.25) is 0 Å². The molecule has 1 aliphatic carbocycles. The molecule has 0 aromatic heterocycles. The van der Waals surface area contributed by atoms with E-state index in [1.807, 2.05) is 20.8 Å². The second-order valence-electron chi connectivity index (χ2n) is 5.33. The average Bonchev–Trinajstić information content (AvgIpc) is 2.22. The molecule has 84 valence electrons. The van der Waals surface area contributed by atoms with E-state index in [9.17, 15) is 9.59 Å². The normalized spacial score (nSPS) is 42.5. The Morgan fingerprint density at radius 1 is 1.47 bits per heavy atom. The molecule has 2 fully saturated rings. The van der Waals surface area contributed by atoms with Crippen LogP contribution in [0.15, 0.2) is 0 Å². The number of ether oxygens (including phenoxy) is 1. The highest BCUT2D eigenvalue weighted by Crippen LogP contribution is 2.57. The number of carbonyl (C=O) groups excluding carboxylic acids is 1. The fraction of sp³-hybridized carbons (Fsp3) is 0.818. The molecule has 15 heavy (non-hydrogen) atoms. The van der Waals surface area contributed by atoms with Gasteiger partial charge in [-0.1, -0.05) is 13.8 Å². The molecule has 0 radical (unpaired) electrons. The van der Waals surface area contributed by atoms with E-state index in [0.717, 1.165) is 0 Å². The number of carboxylic acids is 1. The fourth-order valence-corrected chi connectivity index (χ4v) is 2.94. The Bertz CT molecular complexity index is 333. The molecule has 1 heterocycles. The van der Waals surface area contributed by atoms with Crippen molar-refractivity contribution in [1.29, 1.82) is 0 Å². The summed E-state index contributed by atoms with van der Waals surface area (Å²) in [4.78, 5) is 22.8. The summed E-state index contributed by atoms with van der Waals surface area (Å²) in [5.41, 5.74) is -0.869. The fourth-order valence-electron chi connectivity index (χ4n) is 2.94. The van der Waals surface area contributed by atoms with Gasteiger partial charge in [0.05, 0.1) is 11.8 Å². The lowest BCUT2D eigenvalue weighted by Crippen LogP contribution is -2.49. The van der Waals surface area contributed by atoms with Gasteiger partial charge >= 0.3 is 11.9 Å². The van der Waals surface area contributed by atoms with Gasteiger partial charge in [-0.05, 0) is 19.8 Å². The quantitative estimate of drug-likeness (QED) is 0.668. The van der Waals surface area contributed by atoms with Crippen LogP contribution in [0.5, 0.6) is 0 Å². The van der Waals surface area contributed by atoms with E-state index >= 15 is 0 Å². The first kappa shape index (κ1) is 10.5. The zero-order chi connectivity index (χ0) is 11.4. The predicted molar refractivity (Wildman–Crippen MR) is 52.1 cm³/mol. The van der Waals surface area contributed by atoms with Crippen molar-refractivity contribution in [3.05, 3.63) is 0 Å². The highest BCUT2D eigenvalue weighted by molar-refractivity contribution is 5.84. The van der Waals surface area contributed by atoms with Crippen molar-refractivity contribution in [2.24, 2.45) is 17.3 Å². The lowest BCUT2D eigenvalue weighted by molar-refractivity contribution is -0.152. The predicted octanol–water partition coefficient (Wildman–Crippen LogP) is 1.44. The van der Waals surface area contributed by atoms with Crippen molar-refractivity contribution in [3.63, 3.8) is 0 Å². The maximum Gasteiger partial charge on any atom is 0.311 e. The van der Waals surface area contributed by atoms with Gasteiger partial charge in [-0.2, -0.15) is 0 Å². The van der Waals surface area contributed by atoms with E-state index in [4.69, 9.17) is 9.84 Å². The summed E-state index contributed by atoms with van der Waals surface area (Å²) >= 11 is 0. The Kier molecular flexibility index (Phi) is 1.91. The van der Waals surface area contributed by atoms with Crippen LogP contribution in [0.4, 0.5) is 0 Å². The molecular formula is C11H16O4. The van der Waals surface area contributed by atoms with Crippen molar-refractivity contribution >= 4 is 11.9 Å². The number of hydrogen-bond acceptors (Lipinski definition) is 3. The summed E-state index contributed by atoms with van der Waals surface area (Å²) in [7, 11) is 0. The molecule has 4 heteroatoms. The van der Waals surface area contributed by atoms with Crippen molar-refractivity contribution in [3.8, 4) is 0 Å². The summed E-state index contributed by atoms with van der Waals surface area (Å²) in [6, 6.07) is 0. The van der Waals surface area contributed by atoms with E-state index in [1.54, 1.807) is 0 Å². The summed E-state index contributed by atoms with van der Waals surface area (Å²) in [6.07, 6.45) is 1.17. The van der Waals surface area contributed by atoms with Crippen molar-refractivity contribution in [2.45, 2.75) is 39.2 Å². The molecule has 1 saturated heterocycles. The monoisotopic (exact) mass is 212 g/mol. The molecular weight excluding hydrogens is 196 g/mol. The number of hydrogen-bond donors (Lipinski definition) is 1. The number of esters is 1. The second-order valence-corrected chi connectivity index (χ2v) is 5.33. The lowest BCUT2D eigenvalue weighted by atomic mass is 9.58. The minimum absolute atomic E-state index is 0.340. The molecule has 1 N–H and O–H groups in total. The van der Waals surface area contributed by atoms with Gasteiger partial charge in [0.15, 0.2) is 0 Å². The molecule has 1 aliphatic heterocycles.